The molecule has 0 aromatic carbocycles. The maximum absolute atomic E-state index is 12.5. The lowest BCUT2D eigenvalue weighted by molar-refractivity contribution is -0.0254. The van der Waals surface area contributed by atoms with Gasteiger partial charge in [0.2, 0.25) is 5.76 Å². The van der Waals surface area contributed by atoms with Crippen LogP contribution in [0.1, 0.15) is 28.0 Å². The normalized spacial score (nSPS) is 18.3. The fraction of sp³-hybridized carbons (Fsp3) is 0.429. The highest BCUT2D eigenvalue weighted by Crippen LogP contribution is 2.26. The molecule has 1 fully saturated rings. The molecule has 1 N–H and O–H groups in total. The highest BCUT2D eigenvalue weighted by Gasteiger charge is 2.30. The number of aryl methyl sites for hydroxylation is 1. The number of carbonyl (C=O) groups is 1. The first-order chi connectivity index (χ1) is 10.7. The summed E-state index contributed by atoms with van der Waals surface area (Å²) in [7, 11) is 1.77. The van der Waals surface area contributed by atoms with E-state index in [9.17, 15) is 4.79 Å². The Kier molecular flexibility index (Phi) is 4.01. The molecule has 0 radical (unpaired) electrons. The number of hydrogen-bond donors (Lipinski definition) is 1. The summed E-state index contributed by atoms with van der Waals surface area (Å²) in [6.45, 7) is 3.08. The summed E-state index contributed by atoms with van der Waals surface area (Å²) in [5.41, 5.74) is 1.28. The van der Waals surface area contributed by atoms with Crippen LogP contribution < -0.4 is 5.32 Å². The average molecular weight is 303 g/mol. The van der Waals surface area contributed by atoms with Crippen LogP contribution in [0.2, 0.25) is 0 Å². The summed E-state index contributed by atoms with van der Waals surface area (Å²) in [5.74, 6) is 0.740. The maximum atomic E-state index is 12.5. The van der Waals surface area contributed by atoms with Crippen LogP contribution in [0.4, 0.5) is 5.82 Å². The average Bonchev–Trinajstić information content (AvgIpc) is 3.00. The van der Waals surface area contributed by atoms with E-state index >= 15 is 0 Å². The van der Waals surface area contributed by atoms with Crippen LogP contribution in [0, 0.1) is 6.92 Å². The van der Waals surface area contributed by atoms with E-state index in [2.05, 4.69) is 20.3 Å². The van der Waals surface area contributed by atoms with Gasteiger partial charge < -0.3 is 19.4 Å². The summed E-state index contributed by atoms with van der Waals surface area (Å²) >= 11 is 0. The van der Waals surface area contributed by atoms with Crippen LogP contribution in [0.5, 0.6) is 0 Å². The first kappa shape index (κ1) is 14.5. The largest absolute Gasteiger partial charge is 0.438 e. The number of hydrogen-bond acceptors (Lipinski definition) is 7. The Balaban J connectivity index is 1.80. The van der Waals surface area contributed by atoms with Gasteiger partial charge in [-0.25, -0.2) is 9.97 Å². The van der Waals surface area contributed by atoms with Gasteiger partial charge in [-0.3, -0.25) is 9.78 Å². The van der Waals surface area contributed by atoms with Gasteiger partial charge in [0.25, 0.3) is 5.91 Å². The van der Waals surface area contributed by atoms with Crippen LogP contribution in [0.25, 0.3) is 0 Å². The molecule has 22 heavy (non-hydrogen) atoms. The van der Waals surface area contributed by atoms with Crippen LogP contribution >= 0.6 is 0 Å². The number of ether oxygens (including phenoxy) is 1. The number of morpholine rings is 1. The molecule has 8 nitrogen and oxygen atoms in total. The minimum atomic E-state index is -0.322. The van der Waals surface area contributed by atoms with Crippen molar-refractivity contribution in [3.05, 3.63) is 35.9 Å². The SMILES string of the molecule is CNc1nccnc1[C@@H]1CN(C(=O)c2ocnc2C)CCO1. The van der Waals surface area contributed by atoms with Crippen molar-refractivity contribution < 1.29 is 13.9 Å². The van der Waals surface area contributed by atoms with Crippen LogP contribution in [-0.2, 0) is 4.74 Å². The zero-order valence-electron chi connectivity index (χ0n) is 12.4. The Bertz CT molecular complexity index is 672. The van der Waals surface area contributed by atoms with Gasteiger partial charge in [0.1, 0.15) is 17.6 Å². The molecule has 1 aliphatic rings. The number of nitrogens with one attached hydrogen (secondary N) is 1. The van der Waals surface area contributed by atoms with Crippen molar-refractivity contribution in [3.8, 4) is 0 Å². The molecule has 0 spiro atoms. The Morgan fingerprint density at radius 1 is 1.36 bits per heavy atom. The fourth-order valence-electron chi connectivity index (χ4n) is 2.43. The summed E-state index contributed by atoms with van der Waals surface area (Å²) in [4.78, 5) is 26.7. The van der Waals surface area contributed by atoms with Crippen molar-refractivity contribution in [2.75, 3.05) is 32.1 Å². The van der Waals surface area contributed by atoms with E-state index in [1.54, 1.807) is 31.3 Å². The molecule has 3 rings (SSSR count). The van der Waals surface area contributed by atoms with Crippen LogP contribution in [-0.4, -0.2) is 52.5 Å². The third kappa shape index (κ3) is 2.64. The standard InChI is InChI=1S/C14H17N5O3/c1-9-12(22-8-18-9)14(20)19-5-6-21-10(7-19)11-13(15-2)17-4-3-16-11/h3-4,8,10H,5-7H2,1-2H3,(H,15,17)/t10-/m0/s1. The Morgan fingerprint density at radius 2 is 2.18 bits per heavy atom. The summed E-state index contributed by atoms with van der Waals surface area (Å²) in [6, 6.07) is 0. The van der Waals surface area contributed by atoms with Gasteiger partial charge in [-0.2, -0.15) is 0 Å². The molecule has 3 heterocycles. The number of amides is 1. The summed E-state index contributed by atoms with van der Waals surface area (Å²) in [6.07, 6.45) is 4.18. The van der Waals surface area contributed by atoms with Crippen molar-refractivity contribution >= 4 is 11.7 Å². The first-order valence-electron chi connectivity index (χ1n) is 7.00. The number of oxazole rings is 1. The van der Waals surface area contributed by atoms with Crippen molar-refractivity contribution in [1.29, 1.82) is 0 Å². The molecule has 1 saturated heterocycles. The van der Waals surface area contributed by atoms with E-state index in [0.29, 0.717) is 36.9 Å². The van der Waals surface area contributed by atoms with E-state index < -0.39 is 0 Å². The monoisotopic (exact) mass is 303 g/mol. The number of anilines is 1. The van der Waals surface area contributed by atoms with Crippen molar-refractivity contribution in [1.82, 2.24) is 19.9 Å². The third-order valence-electron chi connectivity index (χ3n) is 3.56. The van der Waals surface area contributed by atoms with E-state index in [4.69, 9.17) is 9.15 Å². The van der Waals surface area contributed by atoms with E-state index in [0.717, 1.165) is 0 Å². The van der Waals surface area contributed by atoms with Gasteiger partial charge in [-0.1, -0.05) is 0 Å². The summed E-state index contributed by atoms with van der Waals surface area (Å²) in [5, 5.41) is 2.99. The molecule has 1 amide bonds. The topological polar surface area (TPSA) is 93.4 Å². The molecular weight excluding hydrogens is 286 g/mol. The van der Waals surface area contributed by atoms with E-state index in [1.165, 1.54) is 6.39 Å². The fourth-order valence-corrected chi connectivity index (χ4v) is 2.43. The maximum Gasteiger partial charge on any atom is 0.291 e. The molecule has 1 aliphatic heterocycles. The quantitative estimate of drug-likeness (QED) is 0.905. The van der Waals surface area contributed by atoms with Crippen LogP contribution in [0.3, 0.4) is 0 Å². The highest BCUT2D eigenvalue weighted by molar-refractivity contribution is 5.92. The molecule has 0 saturated carbocycles. The van der Waals surface area contributed by atoms with Crippen molar-refractivity contribution in [2.24, 2.45) is 0 Å². The number of carbonyl (C=O) groups excluding carboxylic acids is 1. The van der Waals surface area contributed by atoms with Gasteiger partial charge in [0, 0.05) is 26.0 Å². The second kappa shape index (κ2) is 6.10. The molecular formula is C14H17N5O3. The van der Waals surface area contributed by atoms with Crippen LogP contribution in [0.15, 0.2) is 23.2 Å². The summed E-state index contributed by atoms with van der Waals surface area (Å²) < 4.78 is 10.9. The Hall–Kier alpha value is -2.48. The smallest absolute Gasteiger partial charge is 0.291 e. The molecule has 0 bridgehead atoms. The second-order valence-corrected chi connectivity index (χ2v) is 4.92. The lowest BCUT2D eigenvalue weighted by atomic mass is 10.2. The minimum absolute atomic E-state index is 0.182. The molecule has 2 aromatic rings. The number of nitrogens with zero attached hydrogens (tertiary/aromatic N) is 4. The predicted molar refractivity (Wildman–Crippen MR) is 77.4 cm³/mol. The van der Waals surface area contributed by atoms with Gasteiger partial charge in [0.15, 0.2) is 6.39 Å². The Morgan fingerprint density at radius 3 is 2.91 bits per heavy atom. The van der Waals surface area contributed by atoms with E-state index in [1.807, 2.05) is 0 Å². The zero-order chi connectivity index (χ0) is 15.5. The first-order valence-corrected chi connectivity index (χ1v) is 7.00. The highest BCUT2D eigenvalue weighted by atomic mass is 16.5. The predicted octanol–water partition coefficient (Wildman–Crippen LogP) is 1.03. The number of aromatic nitrogens is 3. The second-order valence-electron chi connectivity index (χ2n) is 4.92. The zero-order valence-corrected chi connectivity index (χ0v) is 12.4. The van der Waals surface area contributed by atoms with Crippen molar-refractivity contribution in [2.45, 2.75) is 13.0 Å². The molecule has 0 unspecified atom stereocenters. The molecule has 2 aromatic heterocycles. The Labute approximate surface area is 127 Å². The van der Waals surface area contributed by atoms with Gasteiger partial charge in [0.05, 0.1) is 18.8 Å². The van der Waals surface area contributed by atoms with E-state index in [-0.39, 0.29) is 17.8 Å². The number of rotatable bonds is 3. The minimum Gasteiger partial charge on any atom is -0.438 e. The van der Waals surface area contributed by atoms with Crippen molar-refractivity contribution in [3.63, 3.8) is 0 Å². The molecule has 0 aliphatic carbocycles. The molecule has 1 atom stereocenters. The van der Waals surface area contributed by atoms with Gasteiger partial charge >= 0.3 is 0 Å². The van der Waals surface area contributed by atoms with Gasteiger partial charge in [-0.05, 0) is 6.92 Å². The van der Waals surface area contributed by atoms with Gasteiger partial charge in [-0.15, -0.1) is 0 Å². The lowest BCUT2D eigenvalue weighted by Gasteiger charge is -2.32. The lowest BCUT2D eigenvalue weighted by Crippen LogP contribution is -2.42. The third-order valence-corrected chi connectivity index (χ3v) is 3.56. The molecule has 116 valence electrons. The molecule has 8 heteroatoms.